The minimum absolute atomic E-state index is 0.604. The lowest BCUT2D eigenvalue weighted by Gasteiger charge is -2.21. The van der Waals surface area contributed by atoms with Gasteiger partial charge in [0.1, 0.15) is 0 Å². The molecule has 1 aliphatic carbocycles. The van der Waals surface area contributed by atoms with Gasteiger partial charge in [0.2, 0.25) is 0 Å². The van der Waals surface area contributed by atoms with E-state index in [0.29, 0.717) is 5.41 Å². The highest BCUT2D eigenvalue weighted by molar-refractivity contribution is 5.37. The molecule has 0 atom stereocenters. The van der Waals surface area contributed by atoms with Crippen LogP contribution in [0.5, 0.6) is 0 Å². The normalized spacial score (nSPS) is 17.2. The summed E-state index contributed by atoms with van der Waals surface area (Å²) in [4.78, 5) is 0. The number of hydrogen-bond acceptors (Lipinski definition) is 1. The molecule has 2 rings (SSSR count). The molecular weight excluding hydrogens is 218 g/mol. The number of nitrogens with one attached hydrogen (secondary N) is 1. The van der Waals surface area contributed by atoms with Crippen LogP contribution in [0, 0.1) is 32.1 Å². The van der Waals surface area contributed by atoms with E-state index in [1.165, 1.54) is 41.6 Å². The highest BCUT2D eigenvalue weighted by Crippen LogP contribution is 2.51. The van der Waals surface area contributed by atoms with Gasteiger partial charge in [-0.05, 0) is 61.6 Å². The Hall–Kier alpha value is -0.820. The molecule has 0 unspecified atom stereocenters. The maximum atomic E-state index is 3.69. The van der Waals surface area contributed by atoms with Crippen molar-refractivity contribution in [1.82, 2.24) is 5.32 Å². The second-order valence-corrected chi connectivity index (χ2v) is 6.50. The van der Waals surface area contributed by atoms with Crippen LogP contribution in [-0.4, -0.2) is 6.54 Å². The molecule has 0 radical (unpaired) electrons. The van der Waals surface area contributed by atoms with Gasteiger partial charge in [-0.2, -0.15) is 0 Å². The second kappa shape index (κ2) is 5.05. The quantitative estimate of drug-likeness (QED) is 0.822. The Labute approximate surface area is 112 Å². The molecule has 0 aliphatic heterocycles. The number of rotatable bonds is 5. The average molecular weight is 245 g/mol. The summed E-state index contributed by atoms with van der Waals surface area (Å²) in [6, 6.07) is 4.58. The van der Waals surface area contributed by atoms with E-state index in [4.69, 9.17) is 0 Å². The van der Waals surface area contributed by atoms with Crippen molar-refractivity contribution in [2.75, 3.05) is 6.54 Å². The highest BCUT2D eigenvalue weighted by Gasteiger charge is 2.44. The predicted molar refractivity (Wildman–Crippen MR) is 78.9 cm³/mol. The van der Waals surface area contributed by atoms with Gasteiger partial charge in [-0.3, -0.25) is 0 Å². The fourth-order valence-corrected chi connectivity index (χ4v) is 3.04. The monoisotopic (exact) mass is 245 g/mol. The van der Waals surface area contributed by atoms with Gasteiger partial charge in [0.15, 0.2) is 0 Å². The van der Waals surface area contributed by atoms with E-state index < -0.39 is 0 Å². The zero-order valence-electron chi connectivity index (χ0n) is 12.6. The SMILES string of the molecule is Cc1cc(C)c(CNCC2(C(C)C)CC2)c(C)c1. The first kappa shape index (κ1) is 13.6. The van der Waals surface area contributed by atoms with E-state index in [2.05, 4.69) is 52.1 Å². The fraction of sp³-hybridized carbons (Fsp3) is 0.647. The van der Waals surface area contributed by atoms with Crippen LogP contribution >= 0.6 is 0 Å². The summed E-state index contributed by atoms with van der Waals surface area (Å²) in [6.45, 7) is 13.5. The minimum atomic E-state index is 0.604. The van der Waals surface area contributed by atoms with Crippen LogP contribution in [0.4, 0.5) is 0 Å². The Balaban J connectivity index is 1.95. The average Bonchev–Trinajstić information content (AvgIpc) is 3.03. The summed E-state index contributed by atoms with van der Waals surface area (Å²) in [5, 5.41) is 3.69. The lowest BCUT2D eigenvalue weighted by atomic mass is 9.92. The molecule has 1 fully saturated rings. The topological polar surface area (TPSA) is 12.0 Å². The summed E-state index contributed by atoms with van der Waals surface area (Å²) in [5.74, 6) is 0.810. The van der Waals surface area contributed by atoms with Gasteiger partial charge in [0.25, 0.3) is 0 Å². The molecule has 0 aromatic heterocycles. The summed E-state index contributed by atoms with van der Waals surface area (Å²) in [5.41, 5.74) is 6.31. The molecule has 100 valence electrons. The van der Waals surface area contributed by atoms with Gasteiger partial charge in [0.05, 0.1) is 0 Å². The van der Waals surface area contributed by atoms with Gasteiger partial charge in [-0.25, -0.2) is 0 Å². The molecule has 0 saturated heterocycles. The van der Waals surface area contributed by atoms with Crippen LogP contribution in [0.1, 0.15) is 48.9 Å². The van der Waals surface area contributed by atoms with Gasteiger partial charge in [-0.1, -0.05) is 31.5 Å². The third-order valence-corrected chi connectivity index (χ3v) is 4.74. The molecule has 0 heterocycles. The van der Waals surface area contributed by atoms with Crippen molar-refractivity contribution >= 4 is 0 Å². The molecule has 1 aromatic rings. The van der Waals surface area contributed by atoms with Gasteiger partial charge in [0, 0.05) is 13.1 Å². The Bertz CT molecular complexity index is 404. The Kier molecular flexibility index (Phi) is 3.82. The van der Waals surface area contributed by atoms with Gasteiger partial charge < -0.3 is 5.32 Å². The minimum Gasteiger partial charge on any atom is -0.312 e. The Morgan fingerprint density at radius 1 is 1.11 bits per heavy atom. The molecule has 18 heavy (non-hydrogen) atoms. The number of benzene rings is 1. The molecule has 1 aliphatic rings. The summed E-state index contributed by atoms with van der Waals surface area (Å²) in [7, 11) is 0. The first-order valence-electron chi connectivity index (χ1n) is 7.22. The van der Waals surface area contributed by atoms with E-state index in [0.717, 1.165) is 12.5 Å². The Morgan fingerprint density at radius 3 is 2.11 bits per heavy atom. The first-order valence-corrected chi connectivity index (χ1v) is 7.22. The third-order valence-electron chi connectivity index (χ3n) is 4.74. The van der Waals surface area contributed by atoms with Crippen LogP contribution in [0.15, 0.2) is 12.1 Å². The van der Waals surface area contributed by atoms with Crippen molar-refractivity contribution in [2.45, 2.75) is 54.0 Å². The predicted octanol–water partition coefficient (Wildman–Crippen LogP) is 4.14. The highest BCUT2D eigenvalue weighted by atomic mass is 14.9. The molecule has 1 N–H and O–H groups in total. The molecule has 0 amide bonds. The van der Waals surface area contributed by atoms with Crippen molar-refractivity contribution in [3.8, 4) is 0 Å². The smallest absolute Gasteiger partial charge is 0.0210 e. The maximum Gasteiger partial charge on any atom is 0.0210 e. The van der Waals surface area contributed by atoms with Crippen LogP contribution in [0.2, 0.25) is 0 Å². The van der Waals surface area contributed by atoms with E-state index in [1.54, 1.807) is 0 Å². The standard InChI is InChI=1S/C17H27N/c1-12(2)17(6-7-17)11-18-10-16-14(4)8-13(3)9-15(16)5/h8-9,12,18H,6-7,10-11H2,1-5H3. The van der Waals surface area contributed by atoms with Crippen molar-refractivity contribution in [3.63, 3.8) is 0 Å². The molecule has 1 aromatic carbocycles. The Morgan fingerprint density at radius 2 is 1.67 bits per heavy atom. The van der Waals surface area contributed by atoms with Crippen LogP contribution in [-0.2, 0) is 6.54 Å². The van der Waals surface area contributed by atoms with Crippen molar-refractivity contribution < 1.29 is 0 Å². The van der Waals surface area contributed by atoms with Crippen molar-refractivity contribution in [2.24, 2.45) is 11.3 Å². The summed E-state index contributed by atoms with van der Waals surface area (Å²) >= 11 is 0. The zero-order chi connectivity index (χ0) is 13.3. The third kappa shape index (κ3) is 2.77. The first-order chi connectivity index (χ1) is 8.44. The van der Waals surface area contributed by atoms with Crippen LogP contribution < -0.4 is 5.32 Å². The molecular formula is C17H27N. The molecule has 1 heteroatoms. The number of aryl methyl sites for hydroxylation is 3. The van der Waals surface area contributed by atoms with E-state index >= 15 is 0 Å². The molecule has 0 spiro atoms. The molecule has 0 bridgehead atoms. The fourth-order valence-electron chi connectivity index (χ4n) is 3.04. The lowest BCUT2D eigenvalue weighted by Crippen LogP contribution is -2.27. The lowest BCUT2D eigenvalue weighted by molar-refractivity contribution is 0.337. The van der Waals surface area contributed by atoms with Gasteiger partial charge in [-0.15, -0.1) is 0 Å². The van der Waals surface area contributed by atoms with Crippen molar-refractivity contribution in [3.05, 3.63) is 34.4 Å². The summed E-state index contributed by atoms with van der Waals surface area (Å²) in [6.07, 6.45) is 2.81. The van der Waals surface area contributed by atoms with Gasteiger partial charge >= 0.3 is 0 Å². The molecule has 1 nitrogen and oxygen atoms in total. The second-order valence-electron chi connectivity index (χ2n) is 6.50. The molecule has 1 saturated carbocycles. The maximum absolute atomic E-state index is 3.69. The number of hydrogen-bond donors (Lipinski definition) is 1. The largest absolute Gasteiger partial charge is 0.312 e. The van der Waals surface area contributed by atoms with E-state index in [-0.39, 0.29) is 0 Å². The van der Waals surface area contributed by atoms with Crippen LogP contribution in [0.25, 0.3) is 0 Å². The van der Waals surface area contributed by atoms with Crippen molar-refractivity contribution in [1.29, 1.82) is 0 Å². The zero-order valence-corrected chi connectivity index (χ0v) is 12.6. The van der Waals surface area contributed by atoms with Crippen LogP contribution in [0.3, 0.4) is 0 Å². The summed E-state index contributed by atoms with van der Waals surface area (Å²) < 4.78 is 0. The van der Waals surface area contributed by atoms with E-state index in [9.17, 15) is 0 Å². The van der Waals surface area contributed by atoms with E-state index in [1.807, 2.05) is 0 Å².